The Morgan fingerprint density at radius 2 is 1.87 bits per heavy atom. The normalized spacial score (nSPS) is 14.0. The fourth-order valence-electron chi connectivity index (χ4n) is 2.09. The molecule has 0 amide bonds. The van der Waals surface area contributed by atoms with Gasteiger partial charge in [-0.3, -0.25) is 4.98 Å². The Bertz CT molecular complexity index is 400. The maximum atomic E-state index is 4.71. The lowest BCUT2D eigenvalue weighted by Crippen LogP contribution is -2.03. The lowest BCUT2D eigenvalue weighted by molar-refractivity contribution is 0.789. The summed E-state index contributed by atoms with van der Waals surface area (Å²) in [6.07, 6.45) is 5.44. The molecule has 0 saturated carbocycles. The summed E-state index contributed by atoms with van der Waals surface area (Å²) < 4.78 is 0. The van der Waals surface area contributed by atoms with Crippen LogP contribution in [-0.2, 0) is 6.42 Å². The molecule has 2 rings (SSSR count). The fraction of sp³-hybridized carbons (Fsp3) is 0.500. The number of fused-ring (bicyclic) bond motifs is 1. The summed E-state index contributed by atoms with van der Waals surface area (Å²) in [7, 11) is 0. The second-order valence-electron chi connectivity index (χ2n) is 4.92. The van der Waals surface area contributed by atoms with Crippen molar-refractivity contribution in [3.05, 3.63) is 34.7 Å². The van der Waals surface area contributed by atoms with Crippen molar-refractivity contribution >= 4 is 6.08 Å². The highest BCUT2D eigenvalue weighted by atomic mass is 14.7. The van der Waals surface area contributed by atoms with Crippen LogP contribution in [-0.4, -0.2) is 4.98 Å². The molecule has 0 unspecified atom stereocenters. The number of hydrogen-bond acceptors (Lipinski definition) is 1. The minimum atomic E-state index is 0.516. The predicted octanol–water partition coefficient (Wildman–Crippen LogP) is 3.90. The second kappa shape index (κ2) is 3.80. The molecule has 1 aliphatic rings. The van der Waals surface area contributed by atoms with Crippen LogP contribution in [0.25, 0.3) is 6.08 Å². The maximum Gasteiger partial charge on any atom is 0.0668 e. The van der Waals surface area contributed by atoms with E-state index in [0.29, 0.717) is 11.8 Å². The zero-order valence-corrected chi connectivity index (χ0v) is 10.0. The average Bonchev–Trinajstić information content (AvgIpc) is 2.62. The Morgan fingerprint density at radius 3 is 2.47 bits per heavy atom. The van der Waals surface area contributed by atoms with E-state index in [2.05, 4.69) is 45.9 Å². The Morgan fingerprint density at radius 1 is 1.13 bits per heavy atom. The van der Waals surface area contributed by atoms with Crippen molar-refractivity contribution in [1.82, 2.24) is 4.98 Å². The van der Waals surface area contributed by atoms with Crippen molar-refractivity contribution in [3.8, 4) is 0 Å². The van der Waals surface area contributed by atoms with Crippen molar-refractivity contribution in [3.63, 3.8) is 0 Å². The Balaban J connectivity index is 2.56. The highest BCUT2D eigenvalue weighted by Crippen LogP contribution is 2.29. The number of nitrogens with zero attached hydrogens (tertiary/aromatic N) is 1. The highest BCUT2D eigenvalue weighted by Gasteiger charge is 2.16. The third kappa shape index (κ3) is 1.83. The molecule has 0 saturated heterocycles. The van der Waals surface area contributed by atoms with Crippen molar-refractivity contribution in [1.29, 1.82) is 0 Å². The molecule has 0 radical (unpaired) electrons. The van der Waals surface area contributed by atoms with Crippen LogP contribution in [0.5, 0.6) is 0 Å². The summed E-state index contributed by atoms with van der Waals surface area (Å²) in [4.78, 5) is 4.71. The van der Waals surface area contributed by atoms with Gasteiger partial charge in [-0.2, -0.15) is 0 Å². The van der Waals surface area contributed by atoms with E-state index < -0.39 is 0 Å². The highest BCUT2D eigenvalue weighted by molar-refractivity contribution is 5.59. The van der Waals surface area contributed by atoms with Crippen molar-refractivity contribution in [2.24, 2.45) is 0 Å². The molecule has 1 heterocycles. The van der Waals surface area contributed by atoms with Gasteiger partial charge in [-0.1, -0.05) is 33.8 Å². The average molecular weight is 201 g/mol. The lowest BCUT2D eigenvalue weighted by Gasteiger charge is -2.15. The van der Waals surface area contributed by atoms with Crippen molar-refractivity contribution in [2.45, 2.75) is 46.0 Å². The van der Waals surface area contributed by atoms with E-state index in [9.17, 15) is 0 Å². The van der Waals surface area contributed by atoms with E-state index in [4.69, 9.17) is 4.98 Å². The molecule has 1 aromatic heterocycles. The first-order chi connectivity index (χ1) is 7.09. The van der Waals surface area contributed by atoms with E-state index in [-0.39, 0.29) is 0 Å². The molecule has 0 bridgehead atoms. The van der Waals surface area contributed by atoms with Gasteiger partial charge in [0.15, 0.2) is 0 Å². The van der Waals surface area contributed by atoms with Gasteiger partial charge < -0.3 is 0 Å². The maximum absolute atomic E-state index is 4.71. The Labute approximate surface area is 92.2 Å². The predicted molar refractivity (Wildman–Crippen MR) is 65.2 cm³/mol. The molecule has 0 spiro atoms. The topological polar surface area (TPSA) is 12.9 Å². The Kier molecular flexibility index (Phi) is 2.64. The van der Waals surface area contributed by atoms with Crippen molar-refractivity contribution < 1.29 is 0 Å². The monoisotopic (exact) mass is 201 g/mol. The third-order valence-electron chi connectivity index (χ3n) is 3.02. The summed E-state index contributed by atoms with van der Waals surface area (Å²) >= 11 is 0. The van der Waals surface area contributed by atoms with Crippen LogP contribution in [0.1, 0.15) is 62.0 Å². The van der Waals surface area contributed by atoms with Gasteiger partial charge in [0.05, 0.1) is 5.69 Å². The number of pyridine rings is 1. The molecule has 0 N–H and O–H groups in total. The minimum absolute atomic E-state index is 0.516. The molecule has 15 heavy (non-hydrogen) atoms. The summed E-state index contributed by atoms with van der Waals surface area (Å²) in [5, 5.41) is 0. The van der Waals surface area contributed by atoms with Gasteiger partial charge in [0, 0.05) is 5.69 Å². The number of allylic oxidation sites excluding steroid dienone is 1. The zero-order valence-electron chi connectivity index (χ0n) is 10.0. The van der Waals surface area contributed by atoms with E-state index in [1.165, 1.54) is 22.5 Å². The molecule has 1 aromatic rings. The first-order valence-corrected chi connectivity index (χ1v) is 5.80. The third-order valence-corrected chi connectivity index (χ3v) is 3.02. The van der Waals surface area contributed by atoms with E-state index in [0.717, 1.165) is 6.42 Å². The molecule has 0 aliphatic heterocycles. The van der Waals surface area contributed by atoms with Crippen LogP contribution in [0.15, 0.2) is 12.1 Å². The molecule has 1 aliphatic carbocycles. The van der Waals surface area contributed by atoms with E-state index >= 15 is 0 Å². The smallest absolute Gasteiger partial charge is 0.0668 e. The van der Waals surface area contributed by atoms with Gasteiger partial charge in [0.25, 0.3) is 0 Å². The van der Waals surface area contributed by atoms with Gasteiger partial charge in [-0.05, 0) is 41.5 Å². The quantitative estimate of drug-likeness (QED) is 0.707. The largest absolute Gasteiger partial charge is 0.253 e. The van der Waals surface area contributed by atoms with Gasteiger partial charge >= 0.3 is 0 Å². The van der Waals surface area contributed by atoms with Gasteiger partial charge in [-0.25, -0.2) is 0 Å². The van der Waals surface area contributed by atoms with Crippen LogP contribution in [0, 0.1) is 0 Å². The van der Waals surface area contributed by atoms with Crippen LogP contribution in [0.2, 0.25) is 0 Å². The fourth-order valence-corrected chi connectivity index (χ4v) is 2.09. The van der Waals surface area contributed by atoms with Crippen LogP contribution in [0.3, 0.4) is 0 Å². The molecular weight excluding hydrogens is 182 g/mol. The van der Waals surface area contributed by atoms with Crippen molar-refractivity contribution in [2.75, 3.05) is 0 Å². The molecular formula is C14H19N. The number of aromatic nitrogens is 1. The van der Waals surface area contributed by atoms with Crippen LogP contribution in [0.4, 0.5) is 0 Å². The molecule has 80 valence electrons. The SMILES string of the molecule is CC(C)c1cc(C(C)C)c2c(n1)C=CC2. The first kappa shape index (κ1) is 10.4. The summed E-state index contributed by atoms with van der Waals surface area (Å²) in [6.45, 7) is 8.94. The van der Waals surface area contributed by atoms with E-state index in [1.54, 1.807) is 0 Å². The molecule has 0 atom stereocenters. The number of rotatable bonds is 2. The van der Waals surface area contributed by atoms with Crippen LogP contribution >= 0.6 is 0 Å². The van der Waals surface area contributed by atoms with Gasteiger partial charge in [0.1, 0.15) is 0 Å². The summed E-state index contributed by atoms with van der Waals surface area (Å²) in [6, 6.07) is 2.29. The number of hydrogen-bond donors (Lipinski definition) is 0. The summed E-state index contributed by atoms with van der Waals surface area (Å²) in [5.74, 6) is 1.11. The Hall–Kier alpha value is -1.11. The lowest BCUT2D eigenvalue weighted by atomic mass is 9.94. The van der Waals surface area contributed by atoms with Crippen LogP contribution < -0.4 is 0 Å². The standard InChI is InChI=1S/C14H19N/c1-9(2)12-8-14(10(3)4)15-13-7-5-6-11(12)13/h5,7-10H,6H2,1-4H3. The molecule has 1 nitrogen and oxygen atoms in total. The van der Waals surface area contributed by atoms with Gasteiger partial charge in [0.2, 0.25) is 0 Å². The first-order valence-electron chi connectivity index (χ1n) is 5.80. The minimum Gasteiger partial charge on any atom is -0.253 e. The summed E-state index contributed by atoms with van der Waals surface area (Å²) in [5.41, 5.74) is 5.34. The molecule has 1 heteroatoms. The zero-order chi connectivity index (χ0) is 11.0. The molecule has 0 fully saturated rings. The second-order valence-corrected chi connectivity index (χ2v) is 4.92. The molecule has 0 aromatic carbocycles. The van der Waals surface area contributed by atoms with E-state index in [1.807, 2.05) is 0 Å². The van der Waals surface area contributed by atoms with Gasteiger partial charge in [-0.15, -0.1) is 0 Å².